The Kier molecular flexibility index (Phi) is 11.9. The molecule has 0 spiro atoms. The molecule has 34 heavy (non-hydrogen) atoms. The molecule has 0 radical (unpaired) electrons. The molecular formula is C29H39BrN2O2. The lowest BCUT2D eigenvalue weighted by Gasteiger charge is -2.13. The van der Waals surface area contributed by atoms with E-state index >= 15 is 0 Å². The second-order valence-electron chi connectivity index (χ2n) is 9.03. The highest BCUT2D eigenvalue weighted by Crippen LogP contribution is 2.27. The third-order valence-electron chi connectivity index (χ3n) is 5.65. The van der Waals surface area contributed by atoms with Crippen LogP contribution >= 0.6 is 15.9 Å². The summed E-state index contributed by atoms with van der Waals surface area (Å²) >= 11 is 3.30. The SMILES string of the molecule is CCCC(O)Cc1cccc(-c2c(C)cc(C)cc2C)n1.CCCC(O)Cc1cccc(Br)n1. The maximum absolute atomic E-state index is 9.97. The molecule has 3 rings (SSSR count). The van der Waals surface area contributed by atoms with Gasteiger partial charge in [0.15, 0.2) is 0 Å². The van der Waals surface area contributed by atoms with E-state index in [9.17, 15) is 10.2 Å². The number of aliphatic hydroxyl groups is 2. The molecule has 0 amide bonds. The van der Waals surface area contributed by atoms with Crippen molar-refractivity contribution in [3.63, 3.8) is 0 Å². The zero-order valence-electron chi connectivity index (χ0n) is 21.2. The first kappa shape index (κ1) is 28.2. The molecule has 0 fully saturated rings. The number of pyridine rings is 2. The number of nitrogens with zero attached hydrogens (tertiary/aromatic N) is 2. The van der Waals surface area contributed by atoms with Crippen molar-refractivity contribution in [1.29, 1.82) is 0 Å². The topological polar surface area (TPSA) is 66.2 Å². The van der Waals surface area contributed by atoms with Gasteiger partial charge in [0.1, 0.15) is 4.60 Å². The van der Waals surface area contributed by atoms with Crippen LogP contribution in [-0.4, -0.2) is 32.4 Å². The number of hydrogen-bond acceptors (Lipinski definition) is 4. The molecule has 2 N–H and O–H groups in total. The summed E-state index contributed by atoms with van der Waals surface area (Å²) < 4.78 is 0.827. The van der Waals surface area contributed by atoms with Gasteiger partial charge in [-0.25, -0.2) is 4.98 Å². The molecule has 0 saturated heterocycles. The summed E-state index contributed by atoms with van der Waals surface area (Å²) in [6.07, 6.45) is 4.40. The first-order valence-electron chi connectivity index (χ1n) is 12.2. The first-order valence-corrected chi connectivity index (χ1v) is 13.0. The summed E-state index contributed by atoms with van der Waals surface area (Å²) in [6.45, 7) is 10.5. The van der Waals surface area contributed by atoms with Crippen LogP contribution in [-0.2, 0) is 12.8 Å². The van der Waals surface area contributed by atoms with Crippen molar-refractivity contribution >= 4 is 15.9 Å². The van der Waals surface area contributed by atoms with Crippen LogP contribution in [0.4, 0.5) is 0 Å². The monoisotopic (exact) mass is 526 g/mol. The molecule has 0 aliphatic carbocycles. The van der Waals surface area contributed by atoms with E-state index in [1.165, 1.54) is 22.3 Å². The van der Waals surface area contributed by atoms with Gasteiger partial charge in [0.25, 0.3) is 0 Å². The largest absolute Gasteiger partial charge is 0.393 e. The van der Waals surface area contributed by atoms with E-state index in [2.05, 4.69) is 73.7 Å². The van der Waals surface area contributed by atoms with E-state index in [-0.39, 0.29) is 12.2 Å². The molecule has 0 aliphatic rings. The number of aryl methyl sites for hydroxylation is 3. The molecule has 2 atom stereocenters. The molecule has 184 valence electrons. The number of benzene rings is 1. The highest BCUT2D eigenvalue weighted by atomic mass is 79.9. The lowest BCUT2D eigenvalue weighted by molar-refractivity contribution is 0.162. The molecule has 4 nitrogen and oxygen atoms in total. The number of rotatable bonds is 9. The summed E-state index contributed by atoms with van der Waals surface area (Å²) in [6, 6.07) is 16.2. The van der Waals surface area contributed by atoms with Gasteiger partial charge in [-0.3, -0.25) is 4.98 Å². The minimum atomic E-state index is -0.294. The Labute approximate surface area is 213 Å². The van der Waals surface area contributed by atoms with Crippen LogP contribution < -0.4 is 0 Å². The van der Waals surface area contributed by atoms with Crippen molar-refractivity contribution in [2.24, 2.45) is 0 Å². The smallest absolute Gasteiger partial charge is 0.106 e. The van der Waals surface area contributed by atoms with Gasteiger partial charge in [0.05, 0.1) is 17.9 Å². The Morgan fingerprint density at radius 1 is 0.765 bits per heavy atom. The van der Waals surface area contributed by atoms with Gasteiger partial charge in [0.2, 0.25) is 0 Å². The van der Waals surface area contributed by atoms with E-state index in [1.54, 1.807) is 0 Å². The van der Waals surface area contributed by atoms with Crippen molar-refractivity contribution in [2.75, 3.05) is 0 Å². The summed E-state index contributed by atoms with van der Waals surface area (Å²) in [5.41, 5.74) is 7.92. The predicted molar refractivity (Wildman–Crippen MR) is 145 cm³/mol. The van der Waals surface area contributed by atoms with Gasteiger partial charge in [-0.2, -0.15) is 0 Å². The van der Waals surface area contributed by atoms with Crippen molar-refractivity contribution < 1.29 is 10.2 Å². The van der Waals surface area contributed by atoms with Gasteiger partial charge < -0.3 is 10.2 Å². The van der Waals surface area contributed by atoms with Crippen LogP contribution in [0.1, 0.15) is 67.6 Å². The second-order valence-corrected chi connectivity index (χ2v) is 9.85. The Bertz CT molecular complexity index is 1020. The summed E-state index contributed by atoms with van der Waals surface area (Å²) in [7, 11) is 0. The van der Waals surface area contributed by atoms with E-state index in [0.717, 1.165) is 47.4 Å². The van der Waals surface area contributed by atoms with Gasteiger partial charge in [-0.1, -0.05) is 56.5 Å². The maximum atomic E-state index is 9.97. The van der Waals surface area contributed by atoms with Crippen molar-refractivity contribution in [3.8, 4) is 11.3 Å². The van der Waals surface area contributed by atoms with Gasteiger partial charge in [-0.05, 0) is 84.9 Å². The van der Waals surface area contributed by atoms with Crippen LogP contribution in [0.3, 0.4) is 0 Å². The third-order valence-corrected chi connectivity index (χ3v) is 6.09. The third kappa shape index (κ3) is 9.28. The number of hydrogen-bond donors (Lipinski definition) is 2. The minimum Gasteiger partial charge on any atom is -0.393 e. The normalized spacial score (nSPS) is 12.6. The Balaban J connectivity index is 0.000000270. The fourth-order valence-electron chi connectivity index (χ4n) is 4.23. The quantitative estimate of drug-likeness (QED) is 0.296. The molecule has 3 aromatic rings. The molecule has 0 saturated carbocycles. The van der Waals surface area contributed by atoms with Crippen molar-refractivity contribution in [3.05, 3.63) is 81.2 Å². The Morgan fingerprint density at radius 3 is 1.76 bits per heavy atom. The average Bonchev–Trinajstić information content (AvgIpc) is 2.74. The second kappa shape index (κ2) is 14.3. The van der Waals surface area contributed by atoms with Crippen molar-refractivity contribution in [2.45, 2.75) is 85.4 Å². The summed E-state index contributed by atoms with van der Waals surface area (Å²) in [5, 5.41) is 19.5. The highest BCUT2D eigenvalue weighted by Gasteiger charge is 2.11. The van der Waals surface area contributed by atoms with Crippen LogP contribution in [0.2, 0.25) is 0 Å². The lowest BCUT2D eigenvalue weighted by Crippen LogP contribution is -2.11. The average molecular weight is 528 g/mol. The Morgan fingerprint density at radius 2 is 1.26 bits per heavy atom. The highest BCUT2D eigenvalue weighted by molar-refractivity contribution is 9.10. The Hall–Kier alpha value is -2.08. The lowest BCUT2D eigenvalue weighted by atomic mass is 9.96. The van der Waals surface area contributed by atoms with Crippen LogP contribution in [0.5, 0.6) is 0 Å². The van der Waals surface area contributed by atoms with Gasteiger partial charge in [0, 0.05) is 29.8 Å². The first-order chi connectivity index (χ1) is 16.2. The van der Waals surface area contributed by atoms with Crippen LogP contribution in [0.15, 0.2) is 53.1 Å². The van der Waals surface area contributed by atoms with E-state index < -0.39 is 0 Å². The van der Waals surface area contributed by atoms with E-state index in [4.69, 9.17) is 4.98 Å². The molecule has 0 aliphatic heterocycles. The summed E-state index contributed by atoms with van der Waals surface area (Å²) in [5.74, 6) is 0. The fraction of sp³-hybridized carbons (Fsp3) is 0.448. The molecule has 5 heteroatoms. The molecule has 2 aromatic heterocycles. The standard InChI is InChI=1S/C19H25NO.C10H14BrNO/c1-5-7-17(21)12-16-8-6-9-18(20-16)19-14(3)10-13(2)11-15(19)4;1-2-4-9(13)7-8-5-3-6-10(11)12-8/h6,8-11,17,21H,5,7,12H2,1-4H3;3,5-6,9,13H,2,4,7H2,1H3. The number of aromatic nitrogens is 2. The predicted octanol–water partition coefficient (Wildman–Crippen LogP) is 6.92. The van der Waals surface area contributed by atoms with Crippen LogP contribution in [0, 0.1) is 20.8 Å². The van der Waals surface area contributed by atoms with Crippen LogP contribution in [0.25, 0.3) is 11.3 Å². The number of halogens is 1. The van der Waals surface area contributed by atoms with E-state index in [0.29, 0.717) is 12.8 Å². The van der Waals surface area contributed by atoms with Gasteiger partial charge in [-0.15, -0.1) is 0 Å². The molecule has 0 bridgehead atoms. The molecule has 2 heterocycles. The summed E-state index contributed by atoms with van der Waals surface area (Å²) in [4.78, 5) is 9.01. The maximum Gasteiger partial charge on any atom is 0.106 e. The zero-order chi connectivity index (χ0) is 25.1. The van der Waals surface area contributed by atoms with E-state index in [1.807, 2.05) is 30.3 Å². The number of aliphatic hydroxyl groups excluding tert-OH is 2. The molecule has 1 aromatic carbocycles. The minimum absolute atomic E-state index is 0.258. The van der Waals surface area contributed by atoms with Gasteiger partial charge >= 0.3 is 0 Å². The van der Waals surface area contributed by atoms with Crippen molar-refractivity contribution in [1.82, 2.24) is 9.97 Å². The fourth-order valence-corrected chi connectivity index (χ4v) is 4.61. The molecule has 2 unspecified atom stereocenters. The molecular weight excluding hydrogens is 488 g/mol. The zero-order valence-corrected chi connectivity index (χ0v) is 22.8.